The van der Waals surface area contributed by atoms with E-state index < -0.39 is 37.7 Å². The lowest BCUT2D eigenvalue weighted by Gasteiger charge is -2.33. The van der Waals surface area contributed by atoms with E-state index in [1.807, 2.05) is 0 Å². The smallest absolute Gasteiger partial charge is 0.336 e. The van der Waals surface area contributed by atoms with E-state index in [0.29, 0.717) is 0 Å². The normalized spacial score (nSPS) is 11.3. The molecule has 2 rings (SSSR count). The van der Waals surface area contributed by atoms with Gasteiger partial charge in [-0.3, -0.25) is 0 Å². The molecule has 0 saturated carbocycles. The first-order valence-electron chi connectivity index (χ1n) is 8.67. The summed E-state index contributed by atoms with van der Waals surface area (Å²) < 4.78 is 5.65. The van der Waals surface area contributed by atoms with Crippen LogP contribution in [0.1, 0.15) is 58.1 Å². The van der Waals surface area contributed by atoms with Crippen LogP contribution >= 0.6 is 0 Å². The summed E-state index contributed by atoms with van der Waals surface area (Å²) in [4.78, 5) is 46.4. The van der Waals surface area contributed by atoms with Crippen molar-refractivity contribution in [2.45, 2.75) is 18.6 Å². The van der Waals surface area contributed by atoms with Gasteiger partial charge < -0.3 is 24.9 Å². The number of aromatic carboxylic acids is 4. The van der Waals surface area contributed by atoms with E-state index in [1.165, 1.54) is 31.4 Å². The molecule has 0 spiro atoms. The lowest BCUT2D eigenvalue weighted by atomic mass is 9.93. The predicted octanol–water partition coefficient (Wildman–Crippen LogP) is 3.00. The molecule has 4 N–H and O–H groups in total. The van der Waals surface area contributed by atoms with Crippen molar-refractivity contribution in [3.8, 4) is 0 Å². The van der Waals surface area contributed by atoms with Gasteiger partial charge in [-0.05, 0) is 48.5 Å². The van der Waals surface area contributed by atoms with Gasteiger partial charge in [-0.2, -0.15) is 0 Å². The van der Waals surface area contributed by atoms with Gasteiger partial charge in [0.15, 0.2) is 8.32 Å². The van der Waals surface area contributed by atoms with Gasteiger partial charge in [0.2, 0.25) is 0 Å². The molecule has 158 valence electrons. The zero-order chi connectivity index (χ0) is 22.8. The minimum Gasteiger partial charge on any atom is -0.478 e. The van der Waals surface area contributed by atoms with Gasteiger partial charge in [-0.25, -0.2) is 19.2 Å². The largest absolute Gasteiger partial charge is 0.478 e. The van der Waals surface area contributed by atoms with Crippen LogP contribution in [-0.2, 0) is 4.43 Å². The van der Waals surface area contributed by atoms with E-state index in [-0.39, 0.29) is 33.4 Å². The molecule has 10 heteroatoms. The van der Waals surface area contributed by atoms with Crippen molar-refractivity contribution in [2.75, 3.05) is 7.11 Å². The lowest BCUT2D eigenvalue weighted by Crippen LogP contribution is -2.40. The Bertz CT molecular complexity index is 967. The third kappa shape index (κ3) is 4.39. The number of hydrogen-bond acceptors (Lipinski definition) is 5. The minimum absolute atomic E-state index is 0.191. The quantitative estimate of drug-likeness (QED) is 0.460. The molecule has 0 aromatic heterocycles. The molecule has 0 unspecified atom stereocenters. The van der Waals surface area contributed by atoms with Gasteiger partial charge in [0.1, 0.15) is 0 Å². The second kappa shape index (κ2) is 8.47. The second-order valence-electron chi connectivity index (χ2n) is 7.07. The van der Waals surface area contributed by atoms with Gasteiger partial charge in [-0.1, -0.05) is 12.1 Å². The van der Waals surface area contributed by atoms with E-state index in [1.54, 1.807) is 13.1 Å². The van der Waals surface area contributed by atoms with Crippen molar-refractivity contribution in [2.24, 2.45) is 0 Å². The number of rotatable bonds is 8. The van der Waals surface area contributed by atoms with E-state index in [4.69, 9.17) is 4.43 Å². The Kier molecular flexibility index (Phi) is 6.43. The Balaban J connectivity index is 2.89. The molecule has 2 aromatic carbocycles. The van der Waals surface area contributed by atoms with Crippen LogP contribution in [0.4, 0.5) is 0 Å². The summed E-state index contributed by atoms with van der Waals surface area (Å²) in [6.45, 7) is 3.51. The highest BCUT2D eigenvalue weighted by molar-refractivity contribution is 6.73. The first-order valence-corrected chi connectivity index (χ1v) is 11.7. The summed E-state index contributed by atoms with van der Waals surface area (Å²) in [6.07, 6.45) is 0. The molecule has 0 atom stereocenters. The monoisotopic (exact) mass is 432 g/mol. The van der Waals surface area contributed by atoms with Crippen LogP contribution in [0.3, 0.4) is 0 Å². The average molecular weight is 432 g/mol. The summed E-state index contributed by atoms with van der Waals surface area (Å²) in [7, 11) is -1.43. The number of carbonyl (C=O) groups is 4. The Hall–Kier alpha value is -3.50. The minimum atomic E-state index is -2.85. The SMILES string of the molecule is CO[Si](C)(C)C(c1ccc(C(=O)O)cc1C(=O)O)c1ccc(C(=O)O)cc1C(=O)O. The van der Waals surface area contributed by atoms with E-state index in [9.17, 15) is 39.6 Å². The van der Waals surface area contributed by atoms with Crippen molar-refractivity contribution in [3.63, 3.8) is 0 Å². The van der Waals surface area contributed by atoms with Crippen molar-refractivity contribution in [1.29, 1.82) is 0 Å². The van der Waals surface area contributed by atoms with E-state index in [0.717, 1.165) is 12.1 Å². The van der Waals surface area contributed by atoms with Crippen LogP contribution in [0.2, 0.25) is 13.1 Å². The molecule has 0 bridgehead atoms. The fourth-order valence-electron chi connectivity index (χ4n) is 3.29. The molecule has 0 aliphatic carbocycles. The molecule has 9 nitrogen and oxygen atoms in total. The highest BCUT2D eigenvalue weighted by atomic mass is 28.4. The molecule has 30 heavy (non-hydrogen) atoms. The average Bonchev–Trinajstić information content (AvgIpc) is 2.67. The van der Waals surface area contributed by atoms with Crippen molar-refractivity contribution >= 4 is 32.2 Å². The number of carboxylic acid groups (broad SMARTS) is 4. The first kappa shape index (κ1) is 22.8. The number of carboxylic acids is 4. The van der Waals surface area contributed by atoms with Crippen LogP contribution < -0.4 is 0 Å². The van der Waals surface area contributed by atoms with Gasteiger partial charge in [0.05, 0.1) is 22.3 Å². The molecule has 0 amide bonds. The van der Waals surface area contributed by atoms with Gasteiger partial charge in [-0.15, -0.1) is 0 Å². The van der Waals surface area contributed by atoms with Gasteiger partial charge in [0, 0.05) is 12.7 Å². The van der Waals surface area contributed by atoms with Crippen LogP contribution in [-0.4, -0.2) is 59.7 Å². The number of benzene rings is 2. The zero-order valence-electron chi connectivity index (χ0n) is 16.4. The topological polar surface area (TPSA) is 158 Å². The Morgan fingerprint density at radius 2 is 1.10 bits per heavy atom. The third-order valence-corrected chi connectivity index (χ3v) is 7.97. The van der Waals surface area contributed by atoms with Gasteiger partial charge in [0.25, 0.3) is 0 Å². The maximum absolute atomic E-state index is 11.9. The Morgan fingerprint density at radius 3 is 1.37 bits per heavy atom. The fourth-order valence-corrected chi connectivity index (χ4v) is 5.52. The summed E-state index contributed by atoms with van der Waals surface area (Å²) in [5.41, 5.74) is -1.50. The fraction of sp³-hybridized carbons (Fsp3) is 0.200. The Morgan fingerprint density at radius 1 is 0.733 bits per heavy atom. The molecular weight excluding hydrogens is 412 g/mol. The van der Waals surface area contributed by atoms with Crippen LogP contribution in [0, 0.1) is 0 Å². The molecule has 0 aliphatic rings. The van der Waals surface area contributed by atoms with Crippen LogP contribution in [0.25, 0.3) is 0 Å². The molecule has 0 saturated heterocycles. The van der Waals surface area contributed by atoms with Crippen LogP contribution in [0.15, 0.2) is 36.4 Å². The summed E-state index contributed by atoms with van der Waals surface area (Å²) >= 11 is 0. The van der Waals surface area contributed by atoms with Gasteiger partial charge >= 0.3 is 23.9 Å². The van der Waals surface area contributed by atoms with Crippen molar-refractivity contribution in [3.05, 3.63) is 69.8 Å². The zero-order valence-corrected chi connectivity index (χ0v) is 17.4. The summed E-state index contributed by atoms with van der Waals surface area (Å²) in [5.74, 6) is -5.36. The van der Waals surface area contributed by atoms with Crippen molar-refractivity contribution < 1.29 is 44.0 Å². The standard InChI is InChI=1S/C20H20O9Si/c1-29-30(2,3)16(12-6-4-10(17(21)22)8-14(12)19(25)26)13-7-5-11(18(23)24)9-15(13)20(27)28/h4-9,16H,1-3H3,(H,21,22)(H,23,24)(H,25,26)(H,27,28). The Labute approximate surface area is 172 Å². The molecule has 0 radical (unpaired) electrons. The molecule has 2 aromatic rings. The predicted molar refractivity (Wildman–Crippen MR) is 107 cm³/mol. The summed E-state index contributed by atoms with van der Waals surface area (Å²) in [6, 6.07) is 7.18. The maximum atomic E-state index is 11.9. The first-order chi connectivity index (χ1) is 13.9. The van der Waals surface area contributed by atoms with Crippen LogP contribution in [0.5, 0.6) is 0 Å². The maximum Gasteiger partial charge on any atom is 0.336 e. The molecular formula is C20H20O9Si. The molecule has 0 heterocycles. The number of hydrogen-bond donors (Lipinski definition) is 4. The van der Waals surface area contributed by atoms with E-state index >= 15 is 0 Å². The highest BCUT2D eigenvalue weighted by Crippen LogP contribution is 2.38. The summed E-state index contributed by atoms with van der Waals surface area (Å²) in [5, 5.41) is 37.8. The highest BCUT2D eigenvalue weighted by Gasteiger charge is 2.40. The molecule has 0 fully saturated rings. The van der Waals surface area contributed by atoms with Crippen molar-refractivity contribution in [1.82, 2.24) is 0 Å². The molecule has 0 aliphatic heterocycles. The second-order valence-corrected chi connectivity index (χ2v) is 11.3. The third-order valence-electron chi connectivity index (χ3n) is 4.90. The van der Waals surface area contributed by atoms with E-state index in [2.05, 4.69) is 0 Å². The lowest BCUT2D eigenvalue weighted by molar-refractivity contribution is 0.0676.